The fourth-order valence-corrected chi connectivity index (χ4v) is 4.36. The van der Waals surface area contributed by atoms with Gasteiger partial charge in [-0.2, -0.15) is 0 Å². The van der Waals surface area contributed by atoms with Crippen LogP contribution in [0.5, 0.6) is 0 Å². The van der Waals surface area contributed by atoms with Gasteiger partial charge in [0.2, 0.25) is 0 Å². The van der Waals surface area contributed by atoms with Crippen LogP contribution in [0.2, 0.25) is 0 Å². The molecule has 1 aromatic heterocycles. The number of benzene rings is 2. The summed E-state index contributed by atoms with van der Waals surface area (Å²) in [5, 5.41) is 11.9. The lowest BCUT2D eigenvalue weighted by Crippen LogP contribution is -2.15. The summed E-state index contributed by atoms with van der Waals surface area (Å²) < 4.78 is 28.7. The molecule has 0 bridgehead atoms. The van der Waals surface area contributed by atoms with Crippen LogP contribution in [0, 0.1) is 6.92 Å². The molecule has 2 N–H and O–H groups in total. The van der Waals surface area contributed by atoms with E-state index in [1.165, 1.54) is 18.2 Å². The fraction of sp³-hybridized carbons (Fsp3) is 0.0625. The molecule has 0 fully saturated rings. The number of rotatable bonds is 4. The highest BCUT2D eigenvalue weighted by Crippen LogP contribution is 2.26. The van der Waals surface area contributed by atoms with E-state index in [4.69, 9.17) is 5.11 Å². The number of hydrogen-bond acceptors (Lipinski definition) is 4. The Balaban J connectivity index is 2.01. The van der Waals surface area contributed by atoms with Gasteiger partial charge < -0.3 is 5.11 Å². The van der Waals surface area contributed by atoms with E-state index in [1.54, 1.807) is 30.4 Å². The van der Waals surface area contributed by atoms with Crippen LogP contribution in [0.4, 0.5) is 5.69 Å². The summed E-state index contributed by atoms with van der Waals surface area (Å²) >= 11 is 1.58. The van der Waals surface area contributed by atoms with Crippen molar-refractivity contribution in [1.82, 2.24) is 0 Å². The number of nitrogens with one attached hydrogen (secondary N) is 1. The Labute approximate surface area is 137 Å². The second-order valence-electron chi connectivity index (χ2n) is 5.06. The lowest BCUT2D eigenvalue weighted by molar-refractivity contribution is 0.0696. The number of carbonyl (C=O) groups is 1. The van der Waals surface area contributed by atoms with E-state index < -0.39 is 16.0 Å². The second kappa shape index (κ2) is 5.68. The number of carboxylic acids is 1. The molecule has 0 aliphatic heterocycles. The zero-order chi connectivity index (χ0) is 16.6. The van der Waals surface area contributed by atoms with E-state index in [0.29, 0.717) is 11.3 Å². The van der Waals surface area contributed by atoms with Gasteiger partial charge in [0, 0.05) is 10.4 Å². The Bertz CT molecular complexity index is 1010. The van der Waals surface area contributed by atoms with Crippen molar-refractivity contribution in [1.29, 1.82) is 0 Å². The number of sulfonamides is 1. The molecule has 0 aliphatic rings. The van der Waals surface area contributed by atoms with Crippen LogP contribution in [-0.4, -0.2) is 19.5 Å². The first-order chi connectivity index (χ1) is 10.9. The minimum Gasteiger partial charge on any atom is -0.478 e. The van der Waals surface area contributed by atoms with Crippen LogP contribution in [-0.2, 0) is 10.0 Å². The maximum atomic E-state index is 12.6. The SMILES string of the molecule is Cc1ccc(C(=O)O)cc1S(=O)(=O)Nc1ccc2sccc2c1. The molecule has 0 aliphatic carbocycles. The Morgan fingerprint density at radius 1 is 1.13 bits per heavy atom. The largest absolute Gasteiger partial charge is 0.478 e. The second-order valence-corrected chi connectivity index (χ2v) is 7.66. The van der Waals surface area contributed by atoms with Gasteiger partial charge in [0.1, 0.15) is 0 Å². The predicted molar refractivity (Wildman–Crippen MR) is 90.8 cm³/mol. The van der Waals surface area contributed by atoms with Crippen LogP contribution >= 0.6 is 11.3 Å². The Morgan fingerprint density at radius 3 is 2.65 bits per heavy atom. The zero-order valence-electron chi connectivity index (χ0n) is 12.1. The monoisotopic (exact) mass is 347 g/mol. The molecule has 3 aromatic rings. The summed E-state index contributed by atoms with van der Waals surface area (Å²) in [6.45, 7) is 1.63. The summed E-state index contributed by atoms with van der Waals surface area (Å²) in [5.41, 5.74) is 0.861. The van der Waals surface area contributed by atoms with Gasteiger partial charge in [-0.1, -0.05) is 6.07 Å². The van der Waals surface area contributed by atoms with Gasteiger partial charge in [-0.25, -0.2) is 13.2 Å². The number of aryl methyl sites for hydroxylation is 1. The predicted octanol–water partition coefficient (Wildman–Crippen LogP) is 3.71. The van der Waals surface area contributed by atoms with Crippen molar-refractivity contribution in [2.45, 2.75) is 11.8 Å². The van der Waals surface area contributed by atoms with Gasteiger partial charge >= 0.3 is 5.97 Å². The highest BCUT2D eigenvalue weighted by atomic mass is 32.2. The third-order valence-electron chi connectivity index (χ3n) is 3.43. The maximum absolute atomic E-state index is 12.6. The van der Waals surface area contributed by atoms with Gasteiger partial charge in [0.05, 0.1) is 10.5 Å². The Kier molecular flexibility index (Phi) is 3.83. The molecule has 5 nitrogen and oxygen atoms in total. The summed E-state index contributed by atoms with van der Waals surface area (Å²) in [7, 11) is -3.86. The fourth-order valence-electron chi connectivity index (χ4n) is 2.26. The van der Waals surface area contributed by atoms with E-state index in [9.17, 15) is 13.2 Å². The van der Waals surface area contributed by atoms with Gasteiger partial charge in [-0.3, -0.25) is 4.72 Å². The lowest BCUT2D eigenvalue weighted by atomic mass is 10.1. The molecule has 1 heterocycles. The molecular weight excluding hydrogens is 334 g/mol. The summed E-state index contributed by atoms with van der Waals surface area (Å²) in [4.78, 5) is 11.0. The van der Waals surface area contributed by atoms with Gasteiger partial charge in [0.25, 0.3) is 10.0 Å². The topological polar surface area (TPSA) is 83.5 Å². The van der Waals surface area contributed by atoms with Gasteiger partial charge in [-0.15, -0.1) is 11.3 Å². The summed E-state index contributed by atoms with van der Waals surface area (Å²) in [5.74, 6) is -1.17. The van der Waals surface area contributed by atoms with Crippen LogP contribution in [0.25, 0.3) is 10.1 Å². The molecule has 0 radical (unpaired) electrons. The number of hydrogen-bond donors (Lipinski definition) is 2. The average Bonchev–Trinajstić information content (AvgIpc) is 2.94. The van der Waals surface area contributed by atoms with Crippen molar-refractivity contribution in [3.8, 4) is 0 Å². The van der Waals surface area contributed by atoms with Crippen LogP contribution in [0.3, 0.4) is 0 Å². The highest BCUT2D eigenvalue weighted by molar-refractivity contribution is 7.92. The first kappa shape index (κ1) is 15.5. The van der Waals surface area contributed by atoms with Crippen LogP contribution < -0.4 is 4.72 Å². The number of thiophene rings is 1. The number of carboxylic acid groups (broad SMARTS) is 1. The maximum Gasteiger partial charge on any atom is 0.335 e. The van der Waals surface area contributed by atoms with Gasteiger partial charge in [-0.05, 0) is 59.7 Å². The van der Waals surface area contributed by atoms with Crippen molar-refractivity contribution in [3.05, 3.63) is 59.0 Å². The van der Waals surface area contributed by atoms with E-state index >= 15 is 0 Å². The van der Waals surface area contributed by atoms with Crippen molar-refractivity contribution in [2.75, 3.05) is 4.72 Å². The normalized spacial score (nSPS) is 11.5. The van der Waals surface area contributed by atoms with Crippen molar-refractivity contribution in [2.24, 2.45) is 0 Å². The van der Waals surface area contributed by atoms with Crippen molar-refractivity contribution < 1.29 is 18.3 Å². The van der Waals surface area contributed by atoms with Gasteiger partial charge in [0.15, 0.2) is 0 Å². The Hall–Kier alpha value is -2.38. The molecular formula is C16H13NO4S2. The molecule has 23 heavy (non-hydrogen) atoms. The molecule has 2 aromatic carbocycles. The first-order valence-corrected chi connectivity index (χ1v) is 9.07. The molecule has 0 saturated heterocycles. The molecule has 0 spiro atoms. The summed E-state index contributed by atoms with van der Waals surface area (Å²) in [6.07, 6.45) is 0. The first-order valence-electron chi connectivity index (χ1n) is 6.71. The van der Waals surface area contributed by atoms with E-state index in [1.807, 2.05) is 17.5 Å². The molecule has 118 valence electrons. The average molecular weight is 347 g/mol. The number of fused-ring (bicyclic) bond motifs is 1. The molecule has 3 rings (SSSR count). The van der Waals surface area contributed by atoms with E-state index in [0.717, 1.165) is 10.1 Å². The van der Waals surface area contributed by atoms with E-state index in [-0.39, 0.29) is 10.5 Å². The quantitative estimate of drug-likeness (QED) is 0.753. The molecule has 0 saturated carbocycles. The number of anilines is 1. The zero-order valence-corrected chi connectivity index (χ0v) is 13.7. The third kappa shape index (κ3) is 3.06. The molecule has 0 amide bonds. The lowest BCUT2D eigenvalue weighted by Gasteiger charge is -2.11. The number of aromatic carboxylic acids is 1. The van der Waals surface area contributed by atoms with E-state index in [2.05, 4.69) is 4.72 Å². The third-order valence-corrected chi connectivity index (χ3v) is 5.85. The van der Waals surface area contributed by atoms with Crippen molar-refractivity contribution in [3.63, 3.8) is 0 Å². The van der Waals surface area contributed by atoms with Crippen LogP contribution in [0.1, 0.15) is 15.9 Å². The Morgan fingerprint density at radius 2 is 1.91 bits per heavy atom. The smallest absolute Gasteiger partial charge is 0.335 e. The molecule has 0 atom stereocenters. The minimum absolute atomic E-state index is 0.0391. The minimum atomic E-state index is -3.86. The van der Waals surface area contributed by atoms with Crippen molar-refractivity contribution >= 4 is 43.1 Å². The summed E-state index contributed by atoms with van der Waals surface area (Å²) in [6, 6.07) is 11.2. The van der Waals surface area contributed by atoms with Crippen LogP contribution in [0.15, 0.2) is 52.7 Å². The molecule has 7 heteroatoms. The molecule has 0 unspecified atom stereocenters. The highest BCUT2D eigenvalue weighted by Gasteiger charge is 2.19. The standard InChI is InChI=1S/C16H13NO4S2/c1-10-2-3-12(16(18)19)9-15(10)23(20,21)17-13-4-5-14-11(8-13)6-7-22-14/h2-9,17H,1H3,(H,18,19).